The van der Waals surface area contributed by atoms with E-state index in [-0.39, 0.29) is 17.9 Å². The molecule has 8 nitrogen and oxygen atoms in total. The quantitative estimate of drug-likeness (QED) is 0.181. The minimum Gasteiger partial charge on any atom is -0.493 e. The Morgan fingerprint density at radius 1 is 0.914 bits per heavy atom. The van der Waals surface area contributed by atoms with Crippen molar-refractivity contribution in [2.45, 2.75) is 13.8 Å². The van der Waals surface area contributed by atoms with Crippen molar-refractivity contribution in [3.63, 3.8) is 0 Å². The summed E-state index contributed by atoms with van der Waals surface area (Å²) < 4.78 is 22.2. The predicted molar refractivity (Wildman–Crippen MR) is 136 cm³/mol. The number of nitrogens with one attached hydrogen (secondary N) is 1. The Morgan fingerprint density at radius 3 is 2.37 bits per heavy atom. The number of hydrogen-bond acceptors (Lipinski definition) is 7. The van der Waals surface area contributed by atoms with Gasteiger partial charge >= 0.3 is 5.97 Å². The van der Waals surface area contributed by atoms with Gasteiger partial charge in [0, 0.05) is 10.0 Å². The van der Waals surface area contributed by atoms with Crippen LogP contribution in [0.5, 0.6) is 23.0 Å². The topological polar surface area (TPSA) is 95.5 Å². The Bertz CT molecular complexity index is 1260. The highest BCUT2D eigenvalue weighted by Crippen LogP contribution is 2.29. The zero-order valence-corrected chi connectivity index (χ0v) is 21.3. The van der Waals surface area contributed by atoms with Gasteiger partial charge in [-0.2, -0.15) is 5.10 Å². The van der Waals surface area contributed by atoms with E-state index in [2.05, 4.69) is 26.5 Å². The van der Waals surface area contributed by atoms with E-state index < -0.39 is 11.9 Å². The first kappa shape index (κ1) is 25.8. The number of rotatable bonds is 9. The van der Waals surface area contributed by atoms with Crippen LogP contribution in [0.3, 0.4) is 0 Å². The number of halogens is 1. The number of benzene rings is 3. The van der Waals surface area contributed by atoms with Gasteiger partial charge < -0.3 is 18.9 Å². The molecule has 0 unspecified atom stereocenters. The fourth-order valence-corrected chi connectivity index (χ4v) is 3.37. The number of amides is 1. The molecule has 0 aliphatic rings. The van der Waals surface area contributed by atoms with Crippen LogP contribution >= 0.6 is 15.9 Å². The molecule has 0 saturated heterocycles. The molecule has 1 N–H and O–H groups in total. The lowest BCUT2D eigenvalue weighted by molar-refractivity contribution is -0.123. The second-order valence-electron chi connectivity index (χ2n) is 7.47. The van der Waals surface area contributed by atoms with Crippen molar-refractivity contribution in [3.05, 3.63) is 81.3 Å². The smallest absolute Gasteiger partial charge is 0.343 e. The molecular formula is C26H25BrN2O6. The molecule has 3 aromatic carbocycles. The van der Waals surface area contributed by atoms with Crippen molar-refractivity contribution < 1.29 is 28.5 Å². The molecule has 0 aromatic heterocycles. The Hall–Kier alpha value is -3.85. The van der Waals surface area contributed by atoms with E-state index in [1.54, 1.807) is 36.4 Å². The Kier molecular flexibility index (Phi) is 8.86. The summed E-state index contributed by atoms with van der Waals surface area (Å²) in [5, 5.41) is 3.96. The number of nitrogens with zero attached hydrogens (tertiary/aromatic N) is 1. The van der Waals surface area contributed by atoms with Crippen LogP contribution in [0.4, 0.5) is 0 Å². The molecule has 9 heteroatoms. The van der Waals surface area contributed by atoms with Crippen LogP contribution in [0, 0.1) is 13.8 Å². The number of ether oxygens (including phenoxy) is 4. The third-order valence-corrected chi connectivity index (χ3v) is 5.53. The van der Waals surface area contributed by atoms with E-state index in [1.165, 1.54) is 26.5 Å². The number of aryl methyl sites for hydroxylation is 2. The normalized spacial score (nSPS) is 10.7. The summed E-state index contributed by atoms with van der Waals surface area (Å²) in [5.41, 5.74) is 5.38. The number of carbonyl (C=O) groups excluding carboxylic acids is 2. The summed E-state index contributed by atoms with van der Waals surface area (Å²) in [7, 11) is 3.00. The van der Waals surface area contributed by atoms with E-state index in [9.17, 15) is 9.59 Å². The monoisotopic (exact) mass is 540 g/mol. The Labute approximate surface area is 212 Å². The predicted octanol–water partition coefficient (Wildman–Crippen LogP) is 4.83. The summed E-state index contributed by atoms with van der Waals surface area (Å²) in [4.78, 5) is 24.8. The zero-order valence-electron chi connectivity index (χ0n) is 19.8. The van der Waals surface area contributed by atoms with Crippen molar-refractivity contribution in [1.29, 1.82) is 0 Å². The molecule has 3 rings (SSSR count). The zero-order chi connectivity index (χ0) is 25.4. The number of carbonyl (C=O) groups is 2. The summed E-state index contributed by atoms with van der Waals surface area (Å²) in [6, 6.07) is 15.4. The number of esters is 1. The highest BCUT2D eigenvalue weighted by Gasteiger charge is 2.15. The molecule has 0 atom stereocenters. The Balaban J connectivity index is 1.65. The average Bonchev–Trinajstić information content (AvgIpc) is 2.85. The molecule has 182 valence electrons. The maximum atomic E-state index is 12.7. The minimum atomic E-state index is -0.589. The van der Waals surface area contributed by atoms with E-state index in [1.807, 2.05) is 26.0 Å². The van der Waals surface area contributed by atoms with Gasteiger partial charge in [-0.3, -0.25) is 4.79 Å². The Morgan fingerprint density at radius 2 is 1.66 bits per heavy atom. The van der Waals surface area contributed by atoms with Crippen molar-refractivity contribution >= 4 is 34.0 Å². The van der Waals surface area contributed by atoms with Crippen molar-refractivity contribution in [3.8, 4) is 23.0 Å². The maximum absolute atomic E-state index is 12.7. The van der Waals surface area contributed by atoms with Gasteiger partial charge in [-0.15, -0.1) is 0 Å². The summed E-state index contributed by atoms with van der Waals surface area (Å²) >= 11 is 3.38. The van der Waals surface area contributed by atoms with E-state index in [0.29, 0.717) is 22.8 Å². The van der Waals surface area contributed by atoms with E-state index >= 15 is 0 Å². The molecular weight excluding hydrogens is 516 g/mol. The molecule has 0 radical (unpaired) electrons. The summed E-state index contributed by atoms with van der Waals surface area (Å²) in [5.74, 6) is 0.746. The van der Waals surface area contributed by atoms with Crippen LogP contribution in [0.25, 0.3) is 0 Å². The van der Waals surface area contributed by atoms with Crippen LogP contribution in [0.2, 0.25) is 0 Å². The lowest BCUT2D eigenvalue weighted by Gasteiger charge is -2.11. The number of hydrazone groups is 1. The molecule has 0 saturated carbocycles. The summed E-state index contributed by atoms with van der Waals surface area (Å²) in [6.45, 7) is 3.78. The van der Waals surface area contributed by atoms with E-state index in [4.69, 9.17) is 18.9 Å². The fraction of sp³-hybridized carbons (Fsp3) is 0.192. The van der Waals surface area contributed by atoms with Crippen molar-refractivity contribution in [2.24, 2.45) is 5.10 Å². The molecule has 0 spiro atoms. The van der Waals surface area contributed by atoms with Gasteiger partial charge in [0.05, 0.1) is 26.0 Å². The van der Waals surface area contributed by atoms with Gasteiger partial charge in [-0.25, -0.2) is 10.2 Å². The van der Waals surface area contributed by atoms with Crippen LogP contribution in [0.15, 0.2) is 64.2 Å². The van der Waals surface area contributed by atoms with Gasteiger partial charge in [0.2, 0.25) is 0 Å². The molecule has 0 aliphatic carbocycles. The highest BCUT2D eigenvalue weighted by molar-refractivity contribution is 9.10. The second kappa shape index (κ2) is 12.0. The first-order chi connectivity index (χ1) is 16.8. The van der Waals surface area contributed by atoms with Gasteiger partial charge in [0.1, 0.15) is 11.5 Å². The molecule has 0 bridgehead atoms. The maximum Gasteiger partial charge on any atom is 0.343 e. The van der Waals surface area contributed by atoms with Gasteiger partial charge in [0.15, 0.2) is 18.1 Å². The van der Waals surface area contributed by atoms with Crippen LogP contribution in [-0.2, 0) is 4.79 Å². The van der Waals surface area contributed by atoms with Crippen LogP contribution in [-0.4, -0.2) is 38.9 Å². The number of hydrogen-bond donors (Lipinski definition) is 1. The van der Waals surface area contributed by atoms with Crippen LogP contribution in [0.1, 0.15) is 27.0 Å². The highest BCUT2D eigenvalue weighted by atomic mass is 79.9. The SMILES string of the molecule is COc1ccc(C(=O)Oc2ccc(Br)cc2C=NNC(=O)COc2ccc(C)c(C)c2)cc1OC. The number of methoxy groups -OCH3 is 2. The lowest BCUT2D eigenvalue weighted by atomic mass is 10.1. The minimum absolute atomic E-state index is 0.195. The molecule has 1 amide bonds. The molecule has 0 aliphatic heterocycles. The largest absolute Gasteiger partial charge is 0.493 e. The average molecular weight is 541 g/mol. The van der Waals surface area contributed by atoms with Gasteiger partial charge in [-0.05, 0) is 73.5 Å². The van der Waals surface area contributed by atoms with Crippen LogP contribution < -0.4 is 24.4 Å². The van der Waals surface area contributed by atoms with E-state index in [0.717, 1.165) is 15.6 Å². The van der Waals surface area contributed by atoms with Crippen molar-refractivity contribution in [1.82, 2.24) is 5.43 Å². The second-order valence-corrected chi connectivity index (χ2v) is 8.39. The standard InChI is InChI=1S/C26H25BrN2O6/c1-16-5-8-21(11-17(16)2)34-15-25(30)29-28-14-19-12-20(27)7-10-22(19)35-26(31)18-6-9-23(32-3)24(13-18)33-4/h5-14H,15H2,1-4H3,(H,29,30). The molecule has 0 heterocycles. The molecule has 3 aromatic rings. The third-order valence-electron chi connectivity index (χ3n) is 5.03. The lowest BCUT2D eigenvalue weighted by Crippen LogP contribution is -2.24. The molecule has 35 heavy (non-hydrogen) atoms. The van der Waals surface area contributed by atoms with Crippen molar-refractivity contribution in [2.75, 3.05) is 20.8 Å². The molecule has 0 fully saturated rings. The van der Waals surface area contributed by atoms with Gasteiger partial charge in [0.25, 0.3) is 5.91 Å². The van der Waals surface area contributed by atoms with Gasteiger partial charge in [-0.1, -0.05) is 22.0 Å². The summed E-state index contributed by atoms with van der Waals surface area (Å²) in [6.07, 6.45) is 1.38. The first-order valence-corrected chi connectivity index (χ1v) is 11.4. The first-order valence-electron chi connectivity index (χ1n) is 10.6. The fourth-order valence-electron chi connectivity index (χ4n) is 2.99. The third kappa shape index (κ3) is 7.07.